The Morgan fingerprint density at radius 1 is 1.19 bits per heavy atom. The summed E-state index contributed by atoms with van der Waals surface area (Å²) in [5, 5.41) is -0.174. The number of hydrogen-bond acceptors (Lipinski definition) is 6. The van der Waals surface area contributed by atoms with Gasteiger partial charge in [0, 0.05) is 4.47 Å². The summed E-state index contributed by atoms with van der Waals surface area (Å²) in [5.74, 6) is -0.716. The minimum Gasteiger partial charge on any atom is -0.486 e. The fourth-order valence-electron chi connectivity index (χ4n) is 2.66. The standard InChI is InChI=1S/C21H16Br2ClNO5S/c1-2-29-18(26)10-25-20(27)17(31-21(25)28)9-13-7-15(23)19(16(24)8-13)30-11-12-3-5-14(22)6-4-12/h3-9H,2,10-11H2,1H3/b17-9+. The second kappa shape index (κ2) is 10.7. The van der Waals surface area contributed by atoms with E-state index in [1.165, 1.54) is 0 Å². The first-order valence-electron chi connectivity index (χ1n) is 9.05. The molecular weight excluding hydrogens is 574 g/mol. The molecule has 1 aliphatic heterocycles. The Morgan fingerprint density at radius 2 is 1.90 bits per heavy atom. The number of benzene rings is 2. The van der Waals surface area contributed by atoms with Crippen LogP contribution >= 0.6 is 55.2 Å². The van der Waals surface area contributed by atoms with Crippen LogP contribution in [0.4, 0.5) is 4.79 Å². The SMILES string of the molecule is CCOC(=O)CN1C(=O)S/C(=C/c2cc(Cl)c(OCc3ccc(Br)cc3)c(Br)c2)C1=O. The van der Waals surface area contributed by atoms with Gasteiger partial charge in [-0.2, -0.15) is 0 Å². The monoisotopic (exact) mass is 587 g/mol. The fraction of sp³-hybridized carbons (Fsp3) is 0.190. The van der Waals surface area contributed by atoms with Gasteiger partial charge in [-0.15, -0.1) is 0 Å². The van der Waals surface area contributed by atoms with E-state index in [1.807, 2.05) is 24.3 Å². The van der Waals surface area contributed by atoms with Crippen molar-refractivity contribution in [3.05, 3.63) is 66.4 Å². The number of carbonyl (C=O) groups excluding carboxylic acids is 3. The van der Waals surface area contributed by atoms with Gasteiger partial charge in [-0.1, -0.05) is 39.7 Å². The Labute approximate surface area is 205 Å². The van der Waals surface area contributed by atoms with Gasteiger partial charge in [-0.25, -0.2) is 0 Å². The average Bonchev–Trinajstić information content (AvgIpc) is 2.96. The summed E-state index contributed by atoms with van der Waals surface area (Å²) in [7, 11) is 0. The molecule has 6 nitrogen and oxygen atoms in total. The first-order chi connectivity index (χ1) is 14.8. The lowest BCUT2D eigenvalue weighted by molar-refractivity contribution is -0.145. The van der Waals surface area contributed by atoms with E-state index in [2.05, 4.69) is 31.9 Å². The van der Waals surface area contributed by atoms with E-state index in [9.17, 15) is 14.4 Å². The summed E-state index contributed by atoms with van der Waals surface area (Å²) >= 11 is 14.0. The van der Waals surface area contributed by atoms with Crippen molar-refractivity contribution in [2.75, 3.05) is 13.2 Å². The van der Waals surface area contributed by atoms with E-state index >= 15 is 0 Å². The number of nitrogens with zero attached hydrogens (tertiary/aromatic N) is 1. The van der Waals surface area contributed by atoms with Gasteiger partial charge in [0.05, 0.1) is 21.0 Å². The highest BCUT2D eigenvalue weighted by Gasteiger charge is 2.36. The molecule has 1 saturated heterocycles. The summed E-state index contributed by atoms with van der Waals surface area (Å²) in [6, 6.07) is 11.1. The maximum Gasteiger partial charge on any atom is 0.326 e. The van der Waals surface area contributed by atoms with Gasteiger partial charge in [0.25, 0.3) is 11.1 Å². The van der Waals surface area contributed by atoms with Gasteiger partial charge in [-0.3, -0.25) is 19.3 Å². The maximum absolute atomic E-state index is 12.5. The Bertz CT molecular complexity index is 1040. The van der Waals surface area contributed by atoms with Crippen LogP contribution in [0.15, 0.2) is 50.2 Å². The molecule has 0 atom stereocenters. The molecular formula is C21H16Br2ClNO5S. The van der Waals surface area contributed by atoms with Gasteiger partial charge in [-0.05, 0) is 76.1 Å². The Hall–Kier alpha value is -1.81. The zero-order valence-electron chi connectivity index (χ0n) is 16.2. The number of esters is 1. The molecule has 31 heavy (non-hydrogen) atoms. The lowest BCUT2D eigenvalue weighted by Gasteiger charge is -2.12. The van der Waals surface area contributed by atoms with Crippen molar-refractivity contribution in [1.29, 1.82) is 0 Å². The smallest absolute Gasteiger partial charge is 0.326 e. The van der Waals surface area contributed by atoms with Crippen LogP contribution in [0.3, 0.4) is 0 Å². The lowest BCUT2D eigenvalue weighted by atomic mass is 10.2. The van der Waals surface area contributed by atoms with E-state index in [1.54, 1.807) is 25.1 Å². The van der Waals surface area contributed by atoms with Gasteiger partial charge in [0.1, 0.15) is 13.2 Å². The molecule has 0 aliphatic carbocycles. The number of ether oxygens (including phenoxy) is 2. The second-order valence-electron chi connectivity index (χ2n) is 6.30. The van der Waals surface area contributed by atoms with Crippen LogP contribution in [0.25, 0.3) is 6.08 Å². The average molecular weight is 590 g/mol. The van der Waals surface area contributed by atoms with Gasteiger partial charge >= 0.3 is 5.97 Å². The highest BCUT2D eigenvalue weighted by atomic mass is 79.9. The number of carbonyl (C=O) groups is 3. The minimum absolute atomic E-state index is 0.174. The molecule has 0 unspecified atom stereocenters. The Balaban J connectivity index is 1.74. The molecule has 0 N–H and O–H groups in total. The zero-order valence-corrected chi connectivity index (χ0v) is 20.9. The van der Waals surface area contributed by atoms with E-state index in [4.69, 9.17) is 21.1 Å². The van der Waals surface area contributed by atoms with Crippen molar-refractivity contribution in [3.63, 3.8) is 0 Å². The highest BCUT2D eigenvalue weighted by molar-refractivity contribution is 9.10. The van der Waals surface area contributed by atoms with Crippen LogP contribution in [-0.2, 0) is 20.9 Å². The van der Waals surface area contributed by atoms with Gasteiger partial charge in [0.15, 0.2) is 5.75 Å². The van der Waals surface area contributed by atoms with E-state index in [0.29, 0.717) is 27.4 Å². The third kappa shape index (κ3) is 6.12. The third-order valence-corrected chi connectivity index (χ3v) is 6.39. The summed E-state index contributed by atoms with van der Waals surface area (Å²) < 4.78 is 12.2. The molecule has 0 spiro atoms. The molecule has 162 valence electrons. The summed E-state index contributed by atoms with van der Waals surface area (Å²) in [6.07, 6.45) is 1.55. The number of rotatable bonds is 7. The quantitative estimate of drug-likeness (QED) is 0.290. The van der Waals surface area contributed by atoms with E-state index < -0.39 is 23.7 Å². The number of hydrogen-bond donors (Lipinski definition) is 0. The maximum atomic E-state index is 12.5. The highest BCUT2D eigenvalue weighted by Crippen LogP contribution is 2.38. The molecule has 1 heterocycles. The van der Waals surface area contributed by atoms with Crippen LogP contribution in [0.5, 0.6) is 5.75 Å². The summed E-state index contributed by atoms with van der Waals surface area (Å²) in [4.78, 5) is 37.3. The molecule has 2 aromatic carbocycles. The van der Waals surface area contributed by atoms with Crippen molar-refractivity contribution >= 4 is 78.4 Å². The van der Waals surface area contributed by atoms with E-state index in [-0.39, 0.29) is 11.5 Å². The molecule has 1 aliphatic rings. The number of imide groups is 1. The molecule has 0 bridgehead atoms. The molecule has 2 amide bonds. The number of thioether (sulfide) groups is 1. The first kappa shape index (κ1) is 23.8. The molecule has 1 fully saturated rings. The van der Waals surface area contributed by atoms with Gasteiger partial charge in [0.2, 0.25) is 0 Å². The van der Waals surface area contributed by atoms with Gasteiger partial charge < -0.3 is 9.47 Å². The Morgan fingerprint density at radius 3 is 2.55 bits per heavy atom. The van der Waals surface area contributed by atoms with Crippen LogP contribution < -0.4 is 4.74 Å². The zero-order chi connectivity index (χ0) is 22.5. The molecule has 10 heteroatoms. The van der Waals surface area contributed by atoms with Crippen LogP contribution in [0.2, 0.25) is 5.02 Å². The molecule has 0 radical (unpaired) electrons. The van der Waals surface area contributed by atoms with Crippen LogP contribution in [0.1, 0.15) is 18.1 Å². The molecule has 0 saturated carbocycles. The van der Waals surface area contributed by atoms with Crippen LogP contribution in [0, 0.1) is 0 Å². The minimum atomic E-state index is -0.635. The second-order valence-corrected chi connectivity index (χ2v) is 9.47. The topological polar surface area (TPSA) is 72.9 Å². The largest absolute Gasteiger partial charge is 0.486 e. The normalized spacial score (nSPS) is 15.0. The summed E-state index contributed by atoms with van der Waals surface area (Å²) in [6.45, 7) is 1.74. The predicted octanol–water partition coefficient (Wildman–Crippen LogP) is 6.04. The third-order valence-electron chi connectivity index (χ3n) is 4.08. The van der Waals surface area contributed by atoms with Crippen molar-refractivity contribution in [1.82, 2.24) is 4.90 Å². The number of amides is 2. The van der Waals surface area contributed by atoms with Crippen molar-refractivity contribution in [2.45, 2.75) is 13.5 Å². The Kier molecular flexibility index (Phi) is 8.21. The number of halogens is 3. The van der Waals surface area contributed by atoms with Crippen LogP contribution in [-0.4, -0.2) is 35.2 Å². The van der Waals surface area contributed by atoms with E-state index in [0.717, 1.165) is 26.7 Å². The first-order valence-corrected chi connectivity index (χ1v) is 11.8. The molecule has 3 rings (SSSR count). The van der Waals surface area contributed by atoms with Crippen molar-refractivity contribution in [3.8, 4) is 5.75 Å². The van der Waals surface area contributed by atoms with Crippen molar-refractivity contribution < 1.29 is 23.9 Å². The van der Waals surface area contributed by atoms with Crippen molar-refractivity contribution in [2.24, 2.45) is 0 Å². The predicted molar refractivity (Wildman–Crippen MR) is 127 cm³/mol. The molecule has 2 aromatic rings. The molecule has 0 aromatic heterocycles. The lowest BCUT2D eigenvalue weighted by Crippen LogP contribution is -2.34. The fourth-order valence-corrected chi connectivity index (χ4v) is 4.75. The summed E-state index contributed by atoms with van der Waals surface area (Å²) in [5.41, 5.74) is 1.58.